The number of hydrogen-bond donors (Lipinski definition) is 0. The Kier molecular flexibility index (Phi) is 5.73. The summed E-state index contributed by atoms with van der Waals surface area (Å²) >= 11 is 1.44. The van der Waals surface area contributed by atoms with E-state index in [1.165, 1.54) is 24.6 Å². The van der Waals surface area contributed by atoms with Crippen LogP contribution in [0.3, 0.4) is 0 Å². The molecule has 21 heavy (non-hydrogen) atoms. The molecule has 1 heterocycles. The van der Waals surface area contributed by atoms with Crippen LogP contribution in [0.4, 0.5) is 0 Å². The number of aromatic nitrogens is 2. The second-order valence-corrected chi connectivity index (χ2v) is 7.41. The Morgan fingerprint density at radius 1 is 1.52 bits per heavy atom. The van der Waals surface area contributed by atoms with Gasteiger partial charge >= 0.3 is 5.97 Å². The highest BCUT2D eigenvalue weighted by Gasteiger charge is 2.33. The molecule has 0 aliphatic heterocycles. The standard InChI is InChI=1S/C16H26N2O2S/c1-11(2)13-6-5-12(3)9-14(13)20-15(19)10-21-16-17-7-8-18(16)4/h7-8,11-14H,5-6,9-10H2,1-4H3/t12-,13-,14-/m1/s1. The lowest BCUT2D eigenvalue weighted by Crippen LogP contribution is -2.36. The number of thioether (sulfide) groups is 1. The molecule has 1 saturated carbocycles. The average Bonchev–Trinajstić information content (AvgIpc) is 2.81. The second kappa shape index (κ2) is 7.34. The maximum absolute atomic E-state index is 12.1. The molecule has 0 amide bonds. The molecule has 1 fully saturated rings. The van der Waals surface area contributed by atoms with Gasteiger partial charge in [0.05, 0.1) is 5.75 Å². The maximum Gasteiger partial charge on any atom is 0.316 e. The van der Waals surface area contributed by atoms with Gasteiger partial charge in [-0.15, -0.1) is 0 Å². The summed E-state index contributed by atoms with van der Waals surface area (Å²) in [4.78, 5) is 16.3. The van der Waals surface area contributed by atoms with Crippen LogP contribution in [0.15, 0.2) is 17.6 Å². The van der Waals surface area contributed by atoms with Crippen LogP contribution in [-0.4, -0.2) is 27.4 Å². The normalized spacial score (nSPS) is 26.0. The van der Waals surface area contributed by atoms with Crippen molar-refractivity contribution in [3.63, 3.8) is 0 Å². The van der Waals surface area contributed by atoms with Gasteiger partial charge < -0.3 is 9.30 Å². The first-order chi connectivity index (χ1) is 9.97. The summed E-state index contributed by atoms with van der Waals surface area (Å²) in [5.74, 6) is 1.94. The third kappa shape index (κ3) is 4.50. The van der Waals surface area contributed by atoms with Crippen LogP contribution in [0.1, 0.15) is 40.0 Å². The van der Waals surface area contributed by atoms with E-state index in [-0.39, 0.29) is 12.1 Å². The van der Waals surface area contributed by atoms with Crippen molar-refractivity contribution in [3.8, 4) is 0 Å². The summed E-state index contributed by atoms with van der Waals surface area (Å²) in [6.45, 7) is 6.70. The molecule has 0 spiro atoms. The number of ether oxygens (including phenoxy) is 1. The van der Waals surface area contributed by atoms with Gasteiger partial charge in [0.2, 0.25) is 0 Å². The van der Waals surface area contributed by atoms with E-state index in [9.17, 15) is 4.79 Å². The van der Waals surface area contributed by atoms with Gasteiger partial charge in [-0.2, -0.15) is 0 Å². The van der Waals surface area contributed by atoms with E-state index in [1.807, 2.05) is 17.8 Å². The fraction of sp³-hybridized carbons (Fsp3) is 0.750. The van der Waals surface area contributed by atoms with Gasteiger partial charge in [0.1, 0.15) is 6.10 Å². The molecular weight excluding hydrogens is 284 g/mol. The SMILES string of the molecule is CC(C)[C@H]1CC[C@@H](C)C[C@H]1OC(=O)CSc1nccn1C. The van der Waals surface area contributed by atoms with Crippen LogP contribution >= 0.6 is 11.8 Å². The van der Waals surface area contributed by atoms with Crippen LogP contribution in [0, 0.1) is 17.8 Å². The van der Waals surface area contributed by atoms with E-state index < -0.39 is 0 Å². The number of aryl methyl sites for hydroxylation is 1. The van der Waals surface area contributed by atoms with E-state index in [0.717, 1.165) is 11.6 Å². The lowest BCUT2D eigenvalue weighted by Gasteiger charge is -2.36. The monoisotopic (exact) mass is 310 g/mol. The molecule has 5 heteroatoms. The Morgan fingerprint density at radius 3 is 2.90 bits per heavy atom. The Balaban J connectivity index is 1.86. The number of esters is 1. The Bertz CT molecular complexity index is 473. The number of hydrogen-bond acceptors (Lipinski definition) is 4. The molecule has 0 saturated heterocycles. The molecule has 118 valence electrons. The van der Waals surface area contributed by atoms with Gasteiger partial charge in [0.15, 0.2) is 5.16 Å². The predicted octanol–water partition coefficient (Wildman–Crippen LogP) is 3.52. The Morgan fingerprint density at radius 2 is 2.29 bits per heavy atom. The van der Waals surface area contributed by atoms with E-state index in [0.29, 0.717) is 23.5 Å². The average molecular weight is 310 g/mol. The van der Waals surface area contributed by atoms with E-state index >= 15 is 0 Å². The smallest absolute Gasteiger partial charge is 0.316 e. The van der Waals surface area contributed by atoms with Crippen LogP contribution in [0.5, 0.6) is 0 Å². The maximum atomic E-state index is 12.1. The molecule has 1 aliphatic rings. The van der Waals surface area contributed by atoms with Crippen LogP contribution in [0.2, 0.25) is 0 Å². The fourth-order valence-corrected chi connectivity index (χ4v) is 3.78. The summed E-state index contributed by atoms with van der Waals surface area (Å²) in [5, 5.41) is 0.851. The second-order valence-electron chi connectivity index (χ2n) is 6.46. The zero-order chi connectivity index (χ0) is 15.4. The minimum Gasteiger partial charge on any atom is -0.461 e. The van der Waals surface area contributed by atoms with Gasteiger partial charge in [-0.25, -0.2) is 4.98 Å². The quantitative estimate of drug-likeness (QED) is 0.616. The van der Waals surface area contributed by atoms with Crippen LogP contribution in [0.25, 0.3) is 0 Å². The minimum absolute atomic E-state index is 0.0863. The molecular formula is C16H26N2O2S. The molecule has 0 unspecified atom stereocenters. The van der Waals surface area contributed by atoms with Crippen molar-refractivity contribution < 1.29 is 9.53 Å². The van der Waals surface area contributed by atoms with Gasteiger partial charge in [0.25, 0.3) is 0 Å². The van der Waals surface area contributed by atoms with Gasteiger partial charge in [0, 0.05) is 19.4 Å². The molecule has 2 rings (SSSR count). The molecule has 4 nitrogen and oxygen atoms in total. The summed E-state index contributed by atoms with van der Waals surface area (Å²) in [6, 6.07) is 0. The topological polar surface area (TPSA) is 44.1 Å². The highest BCUT2D eigenvalue weighted by Crippen LogP contribution is 2.35. The Hall–Kier alpha value is -0.970. The first kappa shape index (κ1) is 16.4. The first-order valence-corrected chi connectivity index (χ1v) is 8.75. The van der Waals surface area contributed by atoms with E-state index in [4.69, 9.17) is 4.74 Å². The van der Waals surface area contributed by atoms with E-state index in [2.05, 4.69) is 25.8 Å². The summed E-state index contributed by atoms with van der Waals surface area (Å²) < 4.78 is 7.69. The Labute approximate surface area is 131 Å². The lowest BCUT2D eigenvalue weighted by molar-refractivity contribution is -0.152. The van der Waals surface area contributed by atoms with Crippen molar-refractivity contribution in [1.82, 2.24) is 9.55 Å². The van der Waals surface area contributed by atoms with Gasteiger partial charge in [-0.1, -0.05) is 39.0 Å². The number of carbonyl (C=O) groups excluding carboxylic acids is 1. The highest BCUT2D eigenvalue weighted by atomic mass is 32.2. The largest absolute Gasteiger partial charge is 0.461 e. The van der Waals surface area contributed by atoms with Gasteiger partial charge in [-0.05, 0) is 30.6 Å². The third-order valence-corrected chi connectivity index (χ3v) is 5.37. The zero-order valence-corrected chi connectivity index (χ0v) is 14.2. The number of carbonyl (C=O) groups is 1. The van der Waals surface area contributed by atoms with Crippen LogP contribution < -0.4 is 0 Å². The van der Waals surface area contributed by atoms with Crippen molar-refractivity contribution in [2.75, 3.05) is 5.75 Å². The van der Waals surface area contributed by atoms with Crippen LogP contribution in [-0.2, 0) is 16.6 Å². The zero-order valence-electron chi connectivity index (χ0n) is 13.4. The van der Waals surface area contributed by atoms with Crippen molar-refractivity contribution in [3.05, 3.63) is 12.4 Å². The predicted molar refractivity (Wildman–Crippen MR) is 85.2 cm³/mol. The minimum atomic E-state index is -0.118. The van der Waals surface area contributed by atoms with Gasteiger partial charge in [-0.3, -0.25) is 4.79 Å². The number of rotatable bonds is 5. The number of imidazole rings is 1. The lowest BCUT2D eigenvalue weighted by atomic mass is 9.75. The van der Waals surface area contributed by atoms with Crippen molar-refractivity contribution in [2.24, 2.45) is 24.8 Å². The molecule has 0 bridgehead atoms. The number of nitrogens with zero attached hydrogens (tertiary/aromatic N) is 2. The molecule has 0 radical (unpaired) electrons. The highest BCUT2D eigenvalue weighted by molar-refractivity contribution is 7.99. The summed E-state index contributed by atoms with van der Waals surface area (Å²) in [5.41, 5.74) is 0. The molecule has 1 aromatic heterocycles. The van der Waals surface area contributed by atoms with Crippen molar-refractivity contribution in [2.45, 2.75) is 51.3 Å². The fourth-order valence-electron chi connectivity index (χ4n) is 3.07. The molecule has 0 aromatic carbocycles. The molecule has 1 aliphatic carbocycles. The summed E-state index contributed by atoms with van der Waals surface area (Å²) in [6.07, 6.45) is 7.13. The molecule has 0 N–H and O–H groups in total. The molecule has 1 aromatic rings. The van der Waals surface area contributed by atoms with E-state index in [1.54, 1.807) is 6.20 Å². The molecule has 3 atom stereocenters. The third-order valence-electron chi connectivity index (χ3n) is 4.34. The van der Waals surface area contributed by atoms with Crippen molar-refractivity contribution in [1.29, 1.82) is 0 Å². The first-order valence-electron chi connectivity index (χ1n) is 7.77. The summed E-state index contributed by atoms with van der Waals surface area (Å²) in [7, 11) is 1.93. The van der Waals surface area contributed by atoms with Crippen molar-refractivity contribution >= 4 is 17.7 Å².